The number of carbonyl (C=O) groups is 1. The number of halogens is 3. The van der Waals surface area contributed by atoms with Gasteiger partial charge in [-0.2, -0.15) is 17.5 Å². The van der Waals surface area contributed by atoms with Crippen LogP contribution < -0.4 is 10.1 Å². The van der Waals surface area contributed by atoms with E-state index < -0.39 is 32.6 Å². The molecule has 0 aliphatic carbocycles. The van der Waals surface area contributed by atoms with Crippen LogP contribution in [0.4, 0.5) is 13.2 Å². The summed E-state index contributed by atoms with van der Waals surface area (Å²) < 4.78 is 71.7. The van der Waals surface area contributed by atoms with E-state index in [9.17, 15) is 26.4 Å². The predicted octanol–water partition coefficient (Wildman–Crippen LogP) is 3.43. The van der Waals surface area contributed by atoms with Crippen LogP contribution in [0, 0.1) is 5.92 Å². The number of amides is 1. The van der Waals surface area contributed by atoms with E-state index >= 15 is 0 Å². The molecule has 0 unspecified atom stereocenters. The lowest BCUT2D eigenvalue weighted by molar-refractivity contribution is -0.139. The summed E-state index contributed by atoms with van der Waals surface area (Å²) in [6, 6.07) is 11.4. The predicted molar refractivity (Wildman–Crippen MR) is 108 cm³/mol. The van der Waals surface area contributed by atoms with E-state index in [4.69, 9.17) is 4.74 Å². The van der Waals surface area contributed by atoms with Crippen LogP contribution in [0.1, 0.15) is 24.0 Å². The first-order valence-electron chi connectivity index (χ1n) is 9.70. The zero-order valence-electron chi connectivity index (χ0n) is 16.9. The monoisotopic (exact) mass is 456 g/mol. The average molecular weight is 456 g/mol. The molecule has 1 N–H and O–H groups in total. The molecule has 1 heterocycles. The normalized spacial score (nSPS) is 16.1. The van der Waals surface area contributed by atoms with Crippen LogP contribution >= 0.6 is 0 Å². The second-order valence-corrected chi connectivity index (χ2v) is 9.11. The fourth-order valence-corrected chi connectivity index (χ4v) is 5.28. The summed E-state index contributed by atoms with van der Waals surface area (Å²) in [7, 11) is -2.79. The smallest absolute Gasteiger partial charge is 0.417 e. The van der Waals surface area contributed by atoms with Crippen molar-refractivity contribution in [3.05, 3.63) is 59.7 Å². The zero-order chi connectivity index (χ0) is 22.6. The van der Waals surface area contributed by atoms with E-state index in [0.29, 0.717) is 5.75 Å². The number of ether oxygens (including phenoxy) is 1. The highest BCUT2D eigenvalue weighted by molar-refractivity contribution is 7.89. The van der Waals surface area contributed by atoms with E-state index in [1.165, 1.54) is 13.2 Å². The zero-order valence-corrected chi connectivity index (χ0v) is 17.7. The minimum absolute atomic E-state index is 0.0265. The molecule has 1 aliphatic heterocycles. The number of piperidine rings is 1. The van der Waals surface area contributed by atoms with Crippen LogP contribution in [-0.2, 0) is 27.5 Å². The van der Waals surface area contributed by atoms with Gasteiger partial charge in [-0.05, 0) is 31.0 Å². The Morgan fingerprint density at radius 2 is 1.71 bits per heavy atom. The maximum Gasteiger partial charge on any atom is 0.417 e. The largest absolute Gasteiger partial charge is 0.496 e. The lowest BCUT2D eigenvalue weighted by Gasteiger charge is -2.31. The number of rotatable bonds is 6. The Labute approximate surface area is 179 Å². The second-order valence-electron chi connectivity index (χ2n) is 7.20. The Morgan fingerprint density at radius 1 is 1.10 bits per heavy atom. The molecule has 3 rings (SSSR count). The summed E-state index contributed by atoms with van der Waals surface area (Å²) in [5.74, 6) is 0.00436. The fraction of sp³-hybridized carbons (Fsp3) is 0.381. The molecule has 10 heteroatoms. The van der Waals surface area contributed by atoms with E-state index in [-0.39, 0.29) is 38.4 Å². The average Bonchev–Trinajstić information content (AvgIpc) is 2.77. The lowest BCUT2D eigenvalue weighted by atomic mass is 9.97. The molecule has 0 atom stereocenters. The number of hydrogen-bond donors (Lipinski definition) is 1. The highest BCUT2D eigenvalue weighted by Gasteiger charge is 2.40. The van der Waals surface area contributed by atoms with Crippen molar-refractivity contribution >= 4 is 15.9 Å². The molecule has 168 valence electrons. The van der Waals surface area contributed by atoms with Crippen molar-refractivity contribution in [2.24, 2.45) is 5.92 Å². The third-order valence-corrected chi connectivity index (χ3v) is 7.24. The van der Waals surface area contributed by atoms with Gasteiger partial charge in [0.25, 0.3) is 0 Å². The number of alkyl halides is 3. The van der Waals surface area contributed by atoms with Crippen molar-refractivity contribution in [1.29, 1.82) is 0 Å². The van der Waals surface area contributed by atoms with Crippen molar-refractivity contribution < 1.29 is 31.1 Å². The summed E-state index contributed by atoms with van der Waals surface area (Å²) in [6.45, 7) is 0.211. The Balaban J connectivity index is 1.63. The minimum atomic E-state index is -4.78. The molecule has 1 amide bonds. The topological polar surface area (TPSA) is 75.7 Å². The quantitative estimate of drug-likeness (QED) is 0.723. The van der Waals surface area contributed by atoms with Gasteiger partial charge in [-0.3, -0.25) is 4.79 Å². The van der Waals surface area contributed by atoms with Gasteiger partial charge in [0.15, 0.2) is 0 Å². The van der Waals surface area contributed by atoms with Gasteiger partial charge < -0.3 is 10.1 Å². The number of carbonyl (C=O) groups excluding carboxylic acids is 1. The molecule has 6 nitrogen and oxygen atoms in total. The van der Waals surface area contributed by atoms with Gasteiger partial charge in [-0.15, -0.1) is 0 Å². The summed E-state index contributed by atoms with van der Waals surface area (Å²) in [4.78, 5) is 11.8. The Bertz CT molecular complexity index is 1030. The number of para-hydroxylation sites is 1. The SMILES string of the molecule is COc1ccccc1CNC(=O)C1CCN(S(=O)(=O)c2ccccc2C(F)(F)F)CC1. The molecule has 2 aromatic carbocycles. The van der Waals surface area contributed by atoms with Crippen LogP contribution in [-0.4, -0.2) is 38.8 Å². The van der Waals surface area contributed by atoms with Gasteiger partial charge in [0.1, 0.15) is 5.75 Å². The van der Waals surface area contributed by atoms with E-state index in [0.717, 1.165) is 28.1 Å². The van der Waals surface area contributed by atoms with Crippen LogP contribution in [0.15, 0.2) is 53.4 Å². The Hall–Kier alpha value is -2.59. The fourth-order valence-electron chi connectivity index (χ4n) is 3.60. The third-order valence-electron chi connectivity index (χ3n) is 5.28. The molecule has 1 fully saturated rings. The molecule has 2 aromatic rings. The lowest BCUT2D eigenvalue weighted by Crippen LogP contribution is -2.43. The molecule has 0 spiro atoms. The molecular formula is C21H23F3N2O4S. The first-order valence-corrected chi connectivity index (χ1v) is 11.1. The molecule has 1 aliphatic rings. The van der Waals surface area contributed by atoms with Gasteiger partial charge in [-0.1, -0.05) is 30.3 Å². The summed E-state index contributed by atoms with van der Waals surface area (Å²) >= 11 is 0. The number of hydrogen-bond acceptors (Lipinski definition) is 4. The van der Waals surface area contributed by atoms with Crippen LogP contribution in [0.25, 0.3) is 0 Å². The first-order chi connectivity index (χ1) is 14.6. The van der Waals surface area contributed by atoms with Crippen molar-refractivity contribution in [1.82, 2.24) is 9.62 Å². The molecule has 0 radical (unpaired) electrons. The van der Waals surface area contributed by atoms with Crippen LogP contribution in [0.3, 0.4) is 0 Å². The number of sulfonamides is 1. The summed E-state index contributed by atoms with van der Waals surface area (Å²) in [5.41, 5.74) is -0.381. The van der Waals surface area contributed by atoms with Crippen molar-refractivity contribution in [2.45, 2.75) is 30.5 Å². The van der Waals surface area contributed by atoms with Crippen LogP contribution in [0.5, 0.6) is 5.75 Å². The van der Waals surface area contributed by atoms with Gasteiger partial charge >= 0.3 is 6.18 Å². The first kappa shape index (κ1) is 23.1. The van der Waals surface area contributed by atoms with Crippen molar-refractivity contribution in [3.8, 4) is 5.75 Å². The van der Waals surface area contributed by atoms with Crippen molar-refractivity contribution in [3.63, 3.8) is 0 Å². The van der Waals surface area contributed by atoms with Gasteiger partial charge in [0, 0.05) is 31.1 Å². The Morgan fingerprint density at radius 3 is 2.35 bits per heavy atom. The molecular weight excluding hydrogens is 433 g/mol. The molecule has 0 saturated carbocycles. The standard InChI is InChI=1S/C21H23F3N2O4S/c1-30-18-8-4-2-6-16(18)14-25-20(27)15-10-12-26(13-11-15)31(28,29)19-9-5-3-7-17(19)21(22,23)24/h2-9,15H,10-14H2,1H3,(H,25,27). The highest BCUT2D eigenvalue weighted by atomic mass is 32.2. The maximum atomic E-state index is 13.2. The number of nitrogens with zero attached hydrogens (tertiary/aromatic N) is 1. The summed E-state index contributed by atoms with van der Waals surface area (Å²) in [5, 5.41) is 2.82. The maximum absolute atomic E-state index is 13.2. The van der Waals surface area contributed by atoms with Gasteiger partial charge in [0.05, 0.1) is 17.6 Å². The molecule has 0 bridgehead atoms. The molecule has 1 saturated heterocycles. The van der Waals surface area contributed by atoms with Gasteiger partial charge in [0.2, 0.25) is 15.9 Å². The molecule has 0 aromatic heterocycles. The Kier molecular flexibility index (Phi) is 6.90. The minimum Gasteiger partial charge on any atom is -0.496 e. The van der Waals surface area contributed by atoms with Gasteiger partial charge in [-0.25, -0.2) is 8.42 Å². The summed E-state index contributed by atoms with van der Waals surface area (Å²) in [6.07, 6.45) is -4.32. The van der Waals surface area contributed by atoms with Crippen molar-refractivity contribution in [2.75, 3.05) is 20.2 Å². The third kappa shape index (κ3) is 5.19. The number of methoxy groups -OCH3 is 1. The highest BCUT2D eigenvalue weighted by Crippen LogP contribution is 2.36. The number of benzene rings is 2. The molecule has 31 heavy (non-hydrogen) atoms. The van der Waals surface area contributed by atoms with E-state index in [1.807, 2.05) is 18.2 Å². The van der Waals surface area contributed by atoms with E-state index in [2.05, 4.69) is 5.32 Å². The van der Waals surface area contributed by atoms with Crippen LogP contribution in [0.2, 0.25) is 0 Å². The number of nitrogens with one attached hydrogen (secondary N) is 1. The second kappa shape index (κ2) is 9.27. The van der Waals surface area contributed by atoms with E-state index in [1.54, 1.807) is 6.07 Å².